The lowest BCUT2D eigenvalue weighted by Crippen LogP contribution is -2.35. The largest absolute Gasteiger partial charge is 0.273 e. The van der Waals surface area contributed by atoms with Gasteiger partial charge in [0, 0.05) is 23.6 Å². The van der Waals surface area contributed by atoms with E-state index in [4.69, 9.17) is 4.84 Å². The number of halogens is 1. The molecule has 1 aromatic carbocycles. The van der Waals surface area contributed by atoms with Crippen molar-refractivity contribution in [3.8, 4) is 0 Å². The standard InChI is InChI=1S/C13H16FNO2S/c14-11-5-1-2-6-12(11)18-10-7-13(16)15-8-3-4-9-17-15/h1-2,5-6H,3-4,7-10H2. The minimum absolute atomic E-state index is 0.0152. The molecule has 0 bridgehead atoms. The van der Waals surface area contributed by atoms with Crippen LogP contribution in [-0.2, 0) is 9.63 Å². The van der Waals surface area contributed by atoms with Gasteiger partial charge < -0.3 is 0 Å². The fourth-order valence-corrected chi connectivity index (χ4v) is 2.61. The molecule has 0 atom stereocenters. The molecule has 0 radical (unpaired) electrons. The summed E-state index contributed by atoms with van der Waals surface area (Å²) in [5.41, 5.74) is 0. The van der Waals surface area contributed by atoms with Crippen molar-refractivity contribution in [2.24, 2.45) is 0 Å². The second-order valence-corrected chi connectivity index (χ2v) is 5.20. The minimum atomic E-state index is -0.232. The minimum Gasteiger partial charge on any atom is -0.273 e. The van der Waals surface area contributed by atoms with Crippen LogP contribution in [-0.4, -0.2) is 29.9 Å². The molecule has 1 saturated heterocycles. The summed E-state index contributed by atoms with van der Waals surface area (Å²) < 4.78 is 13.3. The van der Waals surface area contributed by atoms with E-state index in [2.05, 4.69) is 0 Å². The molecule has 1 amide bonds. The van der Waals surface area contributed by atoms with Crippen molar-refractivity contribution in [2.45, 2.75) is 24.2 Å². The van der Waals surface area contributed by atoms with Crippen LogP contribution < -0.4 is 0 Å². The van der Waals surface area contributed by atoms with Gasteiger partial charge in [-0.2, -0.15) is 0 Å². The Morgan fingerprint density at radius 1 is 1.39 bits per heavy atom. The first-order valence-corrected chi connectivity index (χ1v) is 7.06. The van der Waals surface area contributed by atoms with Crippen molar-refractivity contribution in [1.29, 1.82) is 0 Å². The van der Waals surface area contributed by atoms with Crippen LogP contribution in [0.25, 0.3) is 0 Å². The van der Waals surface area contributed by atoms with Crippen LogP contribution in [0.2, 0.25) is 0 Å². The van der Waals surface area contributed by atoms with Gasteiger partial charge in [0.05, 0.1) is 6.61 Å². The van der Waals surface area contributed by atoms with E-state index in [0.29, 0.717) is 30.2 Å². The summed E-state index contributed by atoms with van der Waals surface area (Å²) >= 11 is 1.36. The van der Waals surface area contributed by atoms with Crippen LogP contribution in [0.5, 0.6) is 0 Å². The van der Waals surface area contributed by atoms with E-state index < -0.39 is 0 Å². The van der Waals surface area contributed by atoms with Gasteiger partial charge in [-0.15, -0.1) is 11.8 Å². The molecule has 1 fully saturated rings. The van der Waals surface area contributed by atoms with Crippen molar-refractivity contribution >= 4 is 17.7 Å². The lowest BCUT2D eigenvalue weighted by molar-refractivity contribution is -0.196. The van der Waals surface area contributed by atoms with Crippen molar-refractivity contribution in [1.82, 2.24) is 5.06 Å². The summed E-state index contributed by atoms with van der Waals surface area (Å²) in [5, 5.41) is 1.44. The molecule has 0 spiro atoms. The normalized spacial score (nSPS) is 15.7. The third-order valence-corrected chi connectivity index (χ3v) is 3.74. The number of hydrogen-bond acceptors (Lipinski definition) is 3. The number of benzene rings is 1. The van der Waals surface area contributed by atoms with Crippen molar-refractivity contribution in [3.63, 3.8) is 0 Å². The van der Waals surface area contributed by atoms with Gasteiger partial charge in [0.25, 0.3) is 0 Å². The Morgan fingerprint density at radius 3 is 2.94 bits per heavy atom. The van der Waals surface area contributed by atoms with Crippen LogP contribution in [0, 0.1) is 5.82 Å². The zero-order valence-electron chi connectivity index (χ0n) is 10.1. The van der Waals surface area contributed by atoms with Crippen molar-refractivity contribution < 1.29 is 14.0 Å². The smallest absolute Gasteiger partial charge is 0.246 e. The Hall–Kier alpha value is -1.07. The van der Waals surface area contributed by atoms with Crippen LogP contribution in [0.1, 0.15) is 19.3 Å². The monoisotopic (exact) mass is 269 g/mol. The molecule has 98 valence electrons. The fraction of sp³-hybridized carbons (Fsp3) is 0.462. The highest BCUT2D eigenvalue weighted by Crippen LogP contribution is 2.22. The average molecular weight is 269 g/mol. The van der Waals surface area contributed by atoms with E-state index in [1.165, 1.54) is 22.9 Å². The third-order valence-electron chi connectivity index (χ3n) is 2.69. The maximum atomic E-state index is 13.3. The van der Waals surface area contributed by atoms with Crippen molar-refractivity contribution in [2.75, 3.05) is 18.9 Å². The molecule has 3 nitrogen and oxygen atoms in total. The first-order chi connectivity index (χ1) is 8.77. The molecule has 1 heterocycles. The lowest BCUT2D eigenvalue weighted by Gasteiger charge is -2.25. The van der Waals surface area contributed by atoms with Gasteiger partial charge in [-0.3, -0.25) is 9.63 Å². The molecule has 0 unspecified atom stereocenters. The highest BCUT2D eigenvalue weighted by molar-refractivity contribution is 7.99. The Morgan fingerprint density at radius 2 is 2.22 bits per heavy atom. The van der Waals surface area contributed by atoms with E-state index >= 15 is 0 Å². The summed E-state index contributed by atoms with van der Waals surface area (Å²) in [4.78, 5) is 17.6. The maximum Gasteiger partial charge on any atom is 0.246 e. The summed E-state index contributed by atoms with van der Waals surface area (Å²) in [6.45, 7) is 1.29. The molecule has 0 aliphatic carbocycles. The molecule has 0 saturated carbocycles. The number of carbonyl (C=O) groups excluding carboxylic acids is 1. The lowest BCUT2D eigenvalue weighted by atomic mass is 10.3. The zero-order chi connectivity index (χ0) is 12.8. The van der Waals surface area contributed by atoms with E-state index in [-0.39, 0.29) is 11.7 Å². The van der Waals surface area contributed by atoms with Crippen LogP contribution in [0.4, 0.5) is 4.39 Å². The topological polar surface area (TPSA) is 29.5 Å². The second kappa shape index (κ2) is 6.75. The van der Waals surface area contributed by atoms with Crippen LogP contribution >= 0.6 is 11.8 Å². The summed E-state index contributed by atoms with van der Waals surface area (Å²) in [5.74, 6) is 0.322. The molecular formula is C13H16FNO2S. The van der Waals surface area contributed by atoms with Gasteiger partial charge in [-0.05, 0) is 25.0 Å². The Kier molecular flexibility index (Phi) is 5.01. The Balaban J connectivity index is 1.75. The van der Waals surface area contributed by atoms with Gasteiger partial charge in [-0.1, -0.05) is 12.1 Å². The molecule has 1 aliphatic rings. The molecule has 2 rings (SSSR count). The number of hydrogen-bond donors (Lipinski definition) is 0. The molecule has 18 heavy (non-hydrogen) atoms. The number of thioether (sulfide) groups is 1. The summed E-state index contributed by atoms with van der Waals surface area (Å²) in [6, 6.07) is 6.60. The maximum absolute atomic E-state index is 13.3. The van der Waals surface area contributed by atoms with Crippen molar-refractivity contribution in [3.05, 3.63) is 30.1 Å². The highest BCUT2D eigenvalue weighted by atomic mass is 32.2. The summed E-state index contributed by atoms with van der Waals surface area (Å²) in [6.07, 6.45) is 2.37. The number of rotatable bonds is 4. The molecule has 0 N–H and O–H groups in total. The van der Waals surface area contributed by atoms with E-state index in [0.717, 1.165) is 12.8 Å². The Bertz CT molecular complexity index is 408. The van der Waals surface area contributed by atoms with Gasteiger partial charge in [0.1, 0.15) is 5.82 Å². The first kappa shape index (κ1) is 13.4. The highest BCUT2D eigenvalue weighted by Gasteiger charge is 2.17. The van der Waals surface area contributed by atoms with E-state index in [9.17, 15) is 9.18 Å². The predicted molar refractivity (Wildman–Crippen MR) is 68.6 cm³/mol. The third kappa shape index (κ3) is 3.71. The van der Waals surface area contributed by atoms with E-state index in [1.54, 1.807) is 18.2 Å². The number of carbonyl (C=O) groups is 1. The SMILES string of the molecule is O=C(CCSc1ccccc1F)N1CCCCO1. The quantitative estimate of drug-likeness (QED) is 0.787. The molecule has 1 aromatic rings. The average Bonchev–Trinajstić information content (AvgIpc) is 2.42. The van der Waals surface area contributed by atoms with Crippen LogP contribution in [0.3, 0.4) is 0 Å². The first-order valence-electron chi connectivity index (χ1n) is 6.08. The zero-order valence-corrected chi connectivity index (χ0v) is 10.9. The number of amides is 1. The van der Waals surface area contributed by atoms with Crippen LogP contribution in [0.15, 0.2) is 29.2 Å². The van der Waals surface area contributed by atoms with Gasteiger partial charge >= 0.3 is 0 Å². The molecular weight excluding hydrogens is 253 g/mol. The molecule has 5 heteroatoms. The second-order valence-electron chi connectivity index (χ2n) is 4.07. The van der Waals surface area contributed by atoms with Gasteiger partial charge in [-0.25, -0.2) is 9.45 Å². The van der Waals surface area contributed by atoms with Gasteiger partial charge in [0.2, 0.25) is 5.91 Å². The van der Waals surface area contributed by atoms with E-state index in [1.807, 2.05) is 0 Å². The Labute approximate surface area is 110 Å². The fourth-order valence-electron chi connectivity index (χ4n) is 1.73. The molecule has 0 aromatic heterocycles. The number of nitrogens with zero attached hydrogens (tertiary/aromatic N) is 1. The predicted octanol–water partition coefficient (Wildman–Crippen LogP) is 2.86. The summed E-state index contributed by atoms with van der Waals surface area (Å²) in [7, 11) is 0. The number of hydroxylamine groups is 2. The molecule has 1 aliphatic heterocycles. The van der Waals surface area contributed by atoms with Gasteiger partial charge in [0.15, 0.2) is 0 Å².